The van der Waals surface area contributed by atoms with E-state index in [0.29, 0.717) is 50.9 Å². The van der Waals surface area contributed by atoms with Crippen LogP contribution in [0.15, 0.2) is 40.5 Å². The number of fused-ring (bicyclic) bond motifs is 3. The average molecular weight is 438 g/mol. The molecule has 0 saturated heterocycles. The second-order valence-electron chi connectivity index (χ2n) is 6.70. The van der Waals surface area contributed by atoms with Crippen LogP contribution < -0.4 is 29.2 Å². The van der Waals surface area contributed by atoms with Gasteiger partial charge in [0.15, 0.2) is 23.0 Å². The van der Waals surface area contributed by atoms with E-state index in [1.807, 2.05) is 0 Å². The highest BCUT2D eigenvalue weighted by atomic mass is 16.5. The van der Waals surface area contributed by atoms with Gasteiger partial charge in [-0.1, -0.05) is 0 Å². The first-order chi connectivity index (χ1) is 15.5. The van der Waals surface area contributed by atoms with Crippen LogP contribution in [0.5, 0.6) is 28.7 Å². The Kier molecular flexibility index (Phi) is 5.59. The fraction of sp³-hybridized carbons (Fsp3) is 0.227. The molecule has 10 nitrogen and oxygen atoms in total. The summed E-state index contributed by atoms with van der Waals surface area (Å²) >= 11 is 0. The van der Waals surface area contributed by atoms with Crippen LogP contribution in [0.4, 0.5) is 0 Å². The van der Waals surface area contributed by atoms with Gasteiger partial charge in [0.05, 0.1) is 47.3 Å². The highest BCUT2D eigenvalue weighted by Gasteiger charge is 2.15. The average Bonchev–Trinajstić information content (AvgIpc) is 3.20. The van der Waals surface area contributed by atoms with Crippen LogP contribution in [0.1, 0.15) is 5.56 Å². The Balaban J connectivity index is 1.79. The van der Waals surface area contributed by atoms with Gasteiger partial charge in [0.25, 0.3) is 5.56 Å². The van der Waals surface area contributed by atoms with E-state index in [0.717, 1.165) is 10.1 Å². The van der Waals surface area contributed by atoms with Crippen molar-refractivity contribution in [1.82, 2.24) is 14.6 Å². The van der Waals surface area contributed by atoms with Crippen LogP contribution in [0.3, 0.4) is 0 Å². The van der Waals surface area contributed by atoms with Gasteiger partial charge in [-0.05, 0) is 18.2 Å². The Bertz CT molecular complexity index is 1360. The van der Waals surface area contributed by atoms with E-state index >= 15 is 0 Å². The molecule has 0 aliphatic heterocycles. The minimum atomic E-state index is -0.354. The lowest BCUT2D eigenvalue weighted by Crippen LogP contribution is -2.17. The molecule has 32 heavy (non-hydrogen) atoms. The molecule has 1 N–H and O–H groups in total. The lowest BCUT2D eigenvalue weighted by Gasteiger charge is -2.12. The van der Waals surface area contributed by atoms with Gasteiger partial charge < -0.3 is 28.7 Å². The number of hydrogen-bond donors (Lipinski definition) is 1. The van der Waals surface area contributed by atoms with Gasteiger partial charge in [-0.15, -0.1) is 0 Å². The Morgan fingerprint density at radius 3 is 2.09 bits per heavy atom. The van der Waals surface area contributed by atoms with Gasteiger partial charge >= 0.3 is 0 Å². The SMILES string of the molecule is COc1cc2[nH]c3c(=O)n(/N=C\c4cc(OC)c(OC)c(OC)c4)cnc3c2cc1OC. The van der Waals surface area contributed by atoms with Crippen LogP contribution in [-0.4, -0.2) is 56.4 Å². The van der Waals surface area contributed by atoms with Crippen molar-refractivity contribution in [2.24, 2.45) is 5.10 Å². The summed E-state index contributed by atoms with van der Waals surface area (Å²) < 4.78 is 27.9. The Hall–Kier alpha value is -4.21. The van der Waals surface area contributed by atoms with Crippen LogP contribution in [0.25, 0.3) is 21.9 Å². The maximum Gasteiger partial charge on any atom is 0.298 e. The molecule has 0 spiro atoms. The van der Waals surface area contributed by atoms with Crippen molar-refractivity contribution in [3.05, 3.63) is 46.5 Å². The number of H-pyrrole nitrogens is 1. The molecule has 0 unspecified atom stereocenters. The van der Waals surface area contributed by atoms with Crippen LogP contribution in [0.2, 0.25) is 0 Å². The van der Waals surface area contributed by atoms with Gasteiger partial charge in [-0.25, -0.2) is 4.98 Å². The van der Waals surface area contributed by atoms with Crippen molar-refractivity contribution >= 4 is 28.2 Å². The summed E-state index contributed by atoms with van der Waals surface area (Å²) in [6, 6.07) is 6.99. The van der Waals surface area contributed by atoms with Crippen molar-refractivity contribution in [2.45, 2.75) is 0 Å². The summed E-state index contributed by atoms with van der Waals surface area (Å²) in [5.74, 6) is 2.52. The molecule has 2 aromatic heterocycles. The number of methoxy groups -OCH3 is 5. The van der Waals surface area contributed by atoms with Crippen LogP contribution in [-0.2, 0) is 0 Å². The van der Waals surface area contributed by atoms with E-state index in [9.17, 15) is 4.79 Å². The lowest BCUT2D eigenvalue weighted by atomic mass is 10.2. The van der Waals surface area contributed by atoms with E-state index in [1.54, 1.807) is 38.5 Å². The normalized spacial score (nSPS) is 11.3. The van der Waals surface area contributed by atoms with Crippen molar-refractivity contribution in [1.29, 1.82) is 0 Å². The van der Waals surface area contributed by atoms with Gasteiger partial charge in [0.1, 0.15) is 17.4 Å². The summed E-state index contributed by atoms with van der Waals surface area (Å²) in [7, 11) is 7.69. The second-order valence-corrected chi connectivity index (χ2v) is 6.70. The molecule has 0 amide bonds. The number of hydrogen-bond acceptors (Lipinski definition) is 8. The summed E-state index contributed by atoms with van der Waals surface area (Å²) in [6.45, 7) is 0. The van der Waals surface area contributed by atoms with Crippen LogP contribution >= 0.6 is 0 Å². The summed E-state index contributed by atoms with van der Waals surface area (Å²) in [6.07, 6.45) is 2.87. The summed E-state index contributed by atoms with van der Waals surface area (Å²) in [4.78, 5) is 20.5. The quantitative estimate of drug-likeness (QED) is 0.442. The Labute approximate surface area is 182 Å². The molecule has 0 radical (unpaired) electrons. The van der Waals surface area contributed by atoms with Gasteiger partial charge in [0, 0.05) is 17.0 Å². The molecule has 0 fully saturated rings. The molecule has 0 saturated carbocycles. The zero-order valence-electron chi connectivity index (χ0n) is 18.3. The molecule has 4 aromatic rings. The first-order valence-electron chi connectivity index (χ1n) is 9.54. The number of nitrogens with one attached hydrogen (secondary N) is 1. The predicted molar refractivity (Wildman–Crippen MR) is 120 cm³/mol. The van der Waals surface area contributed by atoms with Gasteiger partial charge in [0.2, 0.25) is 5.75 Å². The largest absolute Gasteiger partial charge is 0.493 e. The minimum absolute atomic E-state index is 0.319. The van der Waals surface area contributed by atoms with E-state index in [-0.39, 0.29) is 5.56 Å². The fourth-order valence-electron chi connectivity index (χ4n) is 3.46. The first kappa shape index (κ1) is 21.0. The molecule has 10 heteroatoms. The van der Waals surface area contributed by atoms with E-state index in [1.165, 1.54) is 33.9 Å². The van der Waals surface area contributed by atoms with E-state index in [4.69, 9.17) is 23.7 Å². The third-order valence-electron chi connectivity index (χ3n) is 5.01. The van der Waals surface area contributed by atoms with E-state index in [2.05, 4.69) is 15.1 Å². The van der Waals surface area contributed by atoms with Crippen molar-refractivity contribution < 1.29 is 23.7 Å². The zero-order chi connectivity index (χ0) is 22.8. The summed E-state index contributed by atoms with van der Waals surface area (Å²) in [5, 5.41) is 5.01. The molecule has 0 aliphatic carbocycles. The minimum Gasteiger partial charge on any atom is -0.493 e. The zero-order valence-corrected chi connectivity index (χ0v) is 18.3. The topological polar surface area (TPSA) is 109 Å². The smallest absolute Gasteiger partial charge is 0.298 e. The standard InChI is InChI=1S/C22H22N4O6/c1-28-15-8-13-14(9-16(15)29-2)25-20-19(13)23-11-26(22(20)27)24-10-12-6-17(30-3)21(32-5)18(7-12)31-4/h6-11,25H,1-5H3/b24-10-. The molecular weight excluding hydrogens is 416 g/mol. The monoisotopic (exact) mass is 438 g/mol. The molecule has 0 bridgehead atoms. The molecule has 2 heterocycles. The highest BCUT2D eigenvalue weighted by molar-refractivity contribution is 6.05. The number of nitrogens with zero attached hydrogens (tertiary/aromatic N) is 3. The highest BCUT2D eigenvalue weighted by Crippen LogP contribution is 2.38. The number of ether oxygens (including phenoxy) is 5. The number of benzene rings is 2. The van der Waals surface area contributed by atoms with Crippen molar-refractivity contribution in [2.75, 3.05) is 35.5 Å². The Morgan fingerprint density at radius 2 is 1.50 bits per heavy atom. The fourth-order valence-corrected chi connectivity index (χ4v) is 3.46. The first-order valence-corrected chi connectivity index (χ1v) is 9.54. The van der Waals surface area contributed by atoms with Gasteiger partial charge in [-0.3, -0.25) is 4.79 Å². The number of aromatic nitrogens is 3. The third kappa shape index (κ3) is 3.45. The number of aromatic amines is 1. The number of rotatable bonds is 7. The molecule has 0 atom stereocenters. The Morgan fingerprint density at radius 1 is 0.875 bits per heavy atom. The predicted octanol–water partition coefficient (Wildman–Crippen LogP) is 2.80. The van der Waals surface area contributed by atoms with Crippen molar-refractivity contribution in [3.63, 3.8) is 0 Å². The lowest BCUT2D eigenvalue weighted by molar-refractivity contribution is 0.324. The maximum atomic E-state index is 13.0. The molecular formula is C22H22N4O6. The van der Waals surface area contributed by atoms with Gasteiger partial charge in [-0.2, -0.15) is 9.78 Å². The third-order valence-corrected chi connectivity index (χ3v) is 5.01. The van der Waals surface area contributed by atoms with E-state index < -0.39 is 0 Å². The molecule has 2 aromatic carbocycles. The van der Waals surface area contributed by atoms with Crippen molar-refractivity contribution in [3.8, 4) is 28.7 Å². The second kappa shape index (κ2) is 8.50. The van der Waals surface area contributed by atoms with Crippen LogP contribution in [0, 0.1) is 0 Å². The maximum absolute atomic E-state index is 13.0. The molecule has 166 valence electrons. The molecule has 4 rings (SSSR count). The molecule has 0 aliphatic rings. The summed E-state index contributed by atoms with van der Waals surface area (Å²) in [5.41, 5.74) is 1.84.